The average molecular weight is 235 g/mol. The van der Waals surface area contributed by atoms with Crippen LogP contribution in [0.1, 0.15) is 12.0 Å². The second-order valence-corrected chi connectivity index (χ2v) is 4.68. The van der Waals surface area contributed by atoms with Crippen LogP contribution in [0.25, 0.3) is 0 Å². The third kappa shape index (κ3) is 2.37. The summed E-state index contributed by atoms with van der Waals surface area (Å²) in [6, 6.07) is 6.10. The number of nitrogens with zero attached hydrogens (tertiary/aromatic N) is 1. The summed E-state index contributed by atoms with van der Waals surface area (Å²) in [5.74, 6) is 1.69. The van der Waals surface area contributed by atoms with E-state index >= 15 is 0 Å². The maximum Gasteiger partial charge on any atom is 0.231 e. The Bertz CT molecular complexity index is 408. The molecule has 4 heteroatoms. The summed E-state index contributed by atoms with van der Waals surface area (Å²) in [5.41, 5.74) is 1.26. The van der Waals surface area contributed by atoms with Crippen LogP contribution in [0.3, 0.4) is 0 Å². The first kappa shape index (κ1) is 10.9. The van der Waals surface area contributed by atoms with E-state index in [4.69, 9.17) is 9.47 Å². The summed E-state index contributed by atoms with van der Waals surface area (Å²) in [5, 5.41) is 9.45. The quantitative estimate of drug-likeness (QED) is 0.849. The summed E-state index contributed by atoms with van der Waals surface area (Å²) in [7, 11) is 0. The highest BCUT2D eigenvalue weighted by molar-refractivity contribution is 5.44. The highest BCUT2D eigenvalue weighted by Gasteiger charge is 2.20. The summed E-state index contributed by atoms with van der Waals surface area (Å²) >= 11 is 0. The first-order chi connectivity index (χ1) is 8.31. The Balaban J connectivity index is 1.58. The van der Waals surface area contributed by atoms with Crippen molar-refractivity contribution in [3.05, 3.63) is 23.8 Å². The van der Waals surface area contributed by atoms with Crippen LogP contribution in [0.15, 0.2) is 18.2 Å². The maximum atomic E-state index is 9.45. The Kier molecular flexibility index (Phi) is 2.91. The second kappa shape index (κ2) is 4.55. The number of hydrogen-bond donors (Lipinski definition) is 1. The Morgan fingerprint density at radius 1 is 1.29 bits per heavy atom. The van der Waals surface area contributed by atoms with Crippen molar-refractivity contribution < 1.29 is 14.6 Å². The van der Waals surface area contributed by atoms with Gasteiger partial charge in [-0.25, -0.2) is 0 Å². The highest BCUT2D eigenvalue weighted by atomic mass is 16.7. The molecule has 4 nitrogen and oxygen atoms in total. The standard InChI is InChI=1S/C13H17NO3/c15-11-4-6-14(8-11)5-3-10-1-2-12-13(7-10)17-9-16-12/h1-2,7,11,15H,3-6,8-9H2/t11-/m0/s1. The molecule has 1 fully saturated rings. The molecule has 0 spiro atoms. The molecule has 0 amide bonds. The zero-order valence-corrected chi connectivity index (χ0v) is 9.76. The highest BCUT2D eigenvalue weighted by Crippen LogP contribution is 2.32. The average Bonchev–Trinajstić information content (AvgIpc) is 2.94. The lowest BCUT2D eigenvalue weighted by Crippen LogP contribution is -2.24. The minimum absolute atomic E-state index is 0.133. The molecule has 2 aliphatic rings. The first-order valence-electron chi connectivity index (χ1n) is 6.10. The molecule has 1 atom stereocenters. The number of aliphatic hydroxyl groups is 1. The van der Waals surface area contributed by atoms with Crippen molar-refractivity contribution in [1.29, 1.82) is 0 Å². The molecular formula is C13H17NO3. The lowest BCUT2D eigenvalue weighted by Gasteiger charge is -2.14. The van der Waals surface area contributed by atoms with Crippen LogP contribution in [-0.4, -0.2) is 42.5 Å². The number of ether oxygens (including phenoxy) is 2. The molecule has 2 aliphatic heterocycles. The van der Waals surface area contributed by atoms with E-state index in [1.807, 2.05) is 6.07 Å². The van der Waals surface area contributed by atoms with E-state index in [-0.39, 0.29) is 6.10 Å². The largest absolute Gasteiger partial charge is 0.454 e. The van der Waals surface area contributed by atoms with Crippen LogP contribution >= 0.6 is 0 Å². The van der Waals surface area contributed by atoms with Gasteiger partial charge in [-0.2, -0.15) is 0 Å². The van der Waals surface area contributed by atoms with Gasteiger partial charge in [0.1, 0.15) is 0 Å². The van der Waals surface area contributed by atoms with Gasteiger partial charge < -0.3 is 19.5 Å². The van der Waals surface area contributed by atoms with Gasteiger partial charge in [-0.3, -0.25) is 0 Å². The van der Waals surface area contributed by atoms with E-state index in [9.17, 15) is 5.11 Å². The lowest BCUT2D eigenvalue weighted by molar-refractivity contribution is 0.173. The Morgan fingerprint density at radius 3 is 3.00 bits per heavy atom. The fourth-order valence-corrected chi connectivity index (χ4v) is 2.40. The molecule has 0 radical (unpaired) electrons. The molecule has 17 heavy (non-hydrogen) atoms. The molecule has 1 aromatic rings. The second-order valence-electron chi connectivity index (χ2n) is 4.68. The fraction of sp³-hybridized carbons (Fsp3) is 0.538. The Labute approximate surface area is 101 Å². The molecule has 1 saturated heterocycles. The predicted molar refractivity (Wildman–Crippen MR) is 63.3 cm³/mol. The number of aliphatic hydroxyl groups excluding tert-OH is 1. The molecule has 1 aromatic carbocycles. The van der Waals surface area contributed by atoms with Crippen molar-refractivity contribution in [1.82, 2.24) is 4.90 Å². The third-order valence-electron chi connectivity index (χ3n) is 3.40. The van der Waals surface area contributed by atoms with E-state index in [1.54, 1.807) is 0 Å². The van der Waals surface area contributed by atoms with Gasteiger partial charge in [-0.1, -0.05) is 6.07 Å². The molecule has 0 aliphatic carbocycles. The molecule has 0 saturated carbocycles. The van der Waals surface area contributed by atoms with Crippen LogP contribution in [-0.2, 0) is 6.42 Å². The maximum absolute atomic E-state index is 9.45. The Morgan fingerprint density at radius 2 is 2.18 bits per heavy atom. The van der Waals surface area contributed by atoms with Gasteiger partial charge in [0.05, 0.1) is 6.10 Å². The molecule has 2 heterocycles. The molecule has 0 unspecified atom stereocenters. The van der Waals surface area contributed by atoms with Gasteiger partial charge in [0, 0.05) is 19.6 Å². The van der Waals surface area contributed by atoms with Crippen LogP contribution in [0.2, 0.25) is 0 Å². The van der Waals surface area contributed by atoms with E-state index in [2.05, 4.69) is 17.0 Å². The number of likely N-dealkylation sites (tertiary alicyclic amines) is 1. The number of rotatable bonds is 3. The number of β-amino-alcohol motifs (C(OH)–C–C–N with tert-alkyl or cyclic N) is 1. The molecule has 1 N–H and O–H groups in total. The van der Waals surface area contributed by atoms with Gasteiger partial charge >= 0.3 is 0 Å². The normalized spacial score (nSPS) is 23.2. The van der Waals surface area contributed by atoms with Crippen LogP contribution < -0.4 is 9.47 Å². The van der Waals surface area contributed by atoms with Gasteiger partial charge in [0.25, 0.3) is 0 Å². The van der Waals surface area contributed by atoms with Gasteiger partial charge in [-0.05, 0) is 30.5 Å². The summed E-state index contributed by atoms with van der Waals surface area (Å²) in [6.07, 6.45) is 1.76. The van der Waals surface area contributed by atoms with E-state index in [1.165, 1.54) is 5.56 Å². The Hall–Kier alpha value is -1.26. The van der Waals surface area contributed by atoms with Crippen molar-refractivity contribution in [3.63, 3.8) is 0 Å². The lowest BCUT2D eigenvalue weighted by atomic mass is 10.1. The van der Waals surface area contributed by atoms with Crippen LogP contribution in [0, 0.1) is 0 Å². The molecule has 92 valence electrons. The molecule has 0 bridgehead atoms. The van der Waals surface area contributed by atoms with Gasteiger partial charge in [0.2, 0.25) is 6.79 Å². The van der Waals surface area contributed by atoms with Crippen LogP contribution in [0.4, 0.5) is 0 Å². The molecule has 3 rings (SSSR count). The summed E-state index contributed by atoms with van der Waals surface area (Å²) in [4.78, 5) is 2.30. The number of hydrogen-bond acceptors (Lipinski definition) is 4. The van der Waals surface area contributed by atoms with Gasteiger partial charge in [-0.15, -0.1) is 0 Å². The fourth-order valence-electron chi connectivity index (χ4n) is 2.40. The summed E-state index contributed by atoms with van der Waals surface area (Å²) < 4.78 is 10.6. The van der Waals surface area contributed by atoms with Crippen molar-refractivity contribution >= 4 is 0 Å². The van der Waals surface area contributed by atoms with Crippen molar-refractivity contribution in [3.8, 4) is 11.5 Å². The SMILES string of the molecule is O[C@H]1CCN(CCc2ccc3c(c2)OCO3)C1. The predicted octanol–water partition coefficient (Wildman–Crippen LogP) is 1.02. The van der Waals surface area contributed by atoms with Gasteiger partial charge in [0.15, 0.2) is 11.5 Å². The van der Waals surface area contributed by atoms with E-state index in [0.717, 1.165) is 44.0 Å². The zero-order chi connectivity index (χ0) is 11.7. The van der Waals surface area contributed by atoms with Crippen molar-refractivity contribution in [2.24, 2.45) is 0 Å². The topological polar surface area (TPSA) is 41.9 Å². The van der Waals surface area contributed by atoms with Crippen LogP contribution in [0.5, 0.6) is 11.5 Å². The van der Waals surface area contributed by atoms with E-state index < -0.39 is 0 Å². The smallest absolute Gasteiger partial charge is 0.231 e. The first-order valence-corrected chi connectivity index (χ1v) is 6.10. The molecule has 0 aromatic heterocycles. The van der Waals surface area contributed by atoms with E-state index in [0.29, 0.717) is 6.79 Å². The summed E-state index contributed by atoms with van der Waals surface area (Å²) in [6.45, 7) is 3.14. The minimum Gasteiger partial charge on any atom is -0.454 e. The molecular weight excluding hydrogens is 218 g/mol. The number of fused-ring (bicyclic) bond motifs is 1. The minimum atomic E-state index is -0.133. The van der Waals surface area contributed by atoms with Crippen molar-refractivity contribution in [2.75, 3.05) is 26.4 Å². The third-order valence-corrected chi connectivity index (χ3v) is 3.40. The van der Waals surface area contributed by atoms with Crippen molar-refractivity contribution in [2.45, 2.75) is 18.9 Å². The zero-order valence-electron chi connectivity index (χ0n) is 9.76. The number of benzene rings is 1. The monoisotopic (exact) mass is 235 g/mol.